The Morgan fingerprint density at radius 2 is 1.89 bits per heavy atom. The number of hydrogen-bond acceptors (Lipinski definition) is 6. The minimum Gasteiger partial charge on any atom is -0.481 e. The number of alkyl carbamates (subject to hydrolysis) is 1. The molecule has 2 rings (SSSR count). The van der Waals surface area contributed by atoms with Crippen molar-refractivity contribution in [1.82, 2.24) is 15.1 Å². The van der Waals surface area contributed by atoms with Crippen molar-refractivity contribution in [2.75, 3.05) is 32.8 Å². The normalized spacial score (nSPS) is 21.7. The van der Waals surface area contributed by atoms with Gasteiger partial charge in [0.25, 0.3) is 0 Å². The molecule has 152 valence electrons. The van der Waals surface area contributed by atoms with E-state index in [2.05, 4.69) is 5.32 Å². The van der Waals surface area contributed by atoms with E-state index in [1.54, 1.807) is 20.8 Å². The second-order valence-electron chi connectivity index (χ2n) is 7.57. The van der Waals surface area contributed by atoms with Gasteiger partial charge in [-0.05, 0) is 27.2 Å². The predicted molar refractivity (Wildman–Crippen MR) is 92.9 cm³/mol. The topological polar surface area (TPSA) is 125 Å². The van der Waals surface area contributed by atoms with Crippen LogP contribution in [0.4, 0.5) is 4.79 Å². The molecule has 10 heteroatoms. The fourth-order valence-electron chi connectivity index (χ4n) is 3.09. The lowest BCUT2D eigenvalue weighted by molar-refractivity contribution is -0.151. The lowest BCUT2D eigenvalue weighted by Crippen LogP contribution is -2.54. The van der Waals surface area contributed by atoms with Crippen LogP contribution in [-0.4, -0.2) is 89.3 Å². The molecule has 2 N–H and O–H groups in total. The Morgan fingerprint density at radius 3 is 2.44 bits per heavy atom. The van der Waals surface area contributed by atoms with Crippen molar-refractivity contribution >= 4 is 23.9 Å². The van der Waals surface area contributed by atoms with Gasteiger partial charge < -0.3 is 29.7 Å². The van der Waals surface area contributed by atoms with Crippen LogP contribution in [0.2, 0.25) is 0 Å². The Labute approximate surface area is 157 Å². The van der Waals surface area contributed by atoms with E-state index in [0.29, 0.717) is 26.3 Å². The van der Waals surface area contributed by atoms with Crippen molar-refractivity contribution < 1.29 is 33.8 Å². The van der Waals surface area contributed by atoms with E-state index in [4.69, 9.17) is 9.47 Å². The van der Waals surface area contributed by atoms with Gasteiger partial charge in [-0.1, -0.05) is 0 Å². The zero-order chi connectivity index (χ0) is 20.2. The number of morpholine rings is 1. The zero-order valence-corrected chi connectivity index (χ0v) is 15.9. The van der Waals surface area contributed by atoms with Gasteiger partial charge >= 0.3 is 12.1 Å². The van der Waals surface area contributed by atoms with Crippen LogP contribution in [0, 0.1) is 0 Å². The first-order valence-corrected chi connectivity index (χ1v) is 8.97. The number of aliphatic carboxylic acids is 1. The smallest absolute Gasteiger partial charge is 0.408 e. The highest BCUT2D eigenvalue weighted by molar-refractivity contribution is 5.94. The Bertz CT molecular complexity index is 596. The lowest BCUT2D eigenvalue weighted by atomic mass is 10.1. The summed E-state index contributed by atoms with van der Waals surface area (Å²) in [6, 6.07) is -1.94. The summed E-state index contributed by atoms with van der Waals surface area (Å²) in [7, 11) is 0. The second-order valence-corrected chi connectivity index (χ2v) is 7.57. The summed E-state index contributed by atoms with van der Waals surface area (Å²) in [6.45, 7) is 6.78. The van der Waals surface area contributed by atoms with Crippen molar-refractivity contribution in [3.05, 3.63) is 0 Å². The van der Waals surface area contributed by atoms with Crippen molar-refractivity contribution in [1.29, 1.82) is 0 Å². The van der Waals surface area contributed by atoms with Crippen LogP contribution >= 0.6 is 0 Å². The molecule has 0 bridgehead atoms. The summed E-state index contributed by atoms with van der Waals surface area (Å²) < 4.78 is 10.4. The van der Waals surface area contributed by atoms with Crippen LogP contribution < -0.4 is 5.32 Å². The number of nitrogens with zero attached hydrogens (tertiary/aromatic N) is 2. The fourth-order valence-corrected chi connectivity index (χ4v) is 3.09. The van der Waals surface area contributed by atoms with E-state index in [1.165, 1.54) is 9.80 Å². The van der Waals surface area contributed by atoms with Crippen molar-refractivity contribution in [3.8, 4) is 0 Å². The first-order chi connectivity index (χ1) is 12.6. The largest absolute Gasteiger partial charge is 0.481 e. The summed E-state index contributed by atoms with van der Waals surface area (Å²) >= 11 is 0. The van der Waals surface area contributed by atoms with E-state index in [0.717, 1.165) is 0 Å². The SMILES string of the molecule is CC(C)(C)OC(=O)N[C@H]1CCN([C@@H](CC(=O)O)C(=O)N2CCOCC2)C1=O. The van der Waals surface area contributed by atoms with Gasteiger partial charge in [0.05, 0.1) is 19.6 Å². The van der Waals surface area contributed by atoms with Crippen LogP contribution in [0.25, 0.3) is 0 Å². The van der Waals surface area contributed by atoms with E-state index in [1.807, 2.05) is 0 Å². The third-order valence-electron chi connectivity index (χ3n) is 4.28. The number of carboxylic acid groups (broad SMARTS) is 1. The number of carboxylic acids is 1. The number of nitrogens with one attached hydrogen (secondary N) is 1. The van der Waals surface area contributed by atoms with E-state index in [-0.39, 0.29) is 13.0 Å². The number of likely N-dealkylation sites (tertiary alicyclic amines) is 1. The summed E-state index contributed by atoms with van der Waals surface area (Å²) in [4.78, 5) is 51.4. The molecule has 0 spiro atoms. The predicted octanol–water partition coefficient (Wildman–Crippen LogP) is -0.186. The molecule has 3 amide bonds. The summed E-state index contributed by atoms with van der Waals surface area (Å²) in [6.07, 6.45) is -0.928. The molecule has 2 aliphatic heterocycles. The van der Waals surface area contributed by atoms with Crippen molar-refractivity contribution in [2.24, 2.45) is 0 Å². The van der Waals surface area contributed by atoms with Crippen LogP contribution in [0.3, 0.4) is 0 Å². The number of carbonyl (C=O) groups excluding carboxylic acids is 3. The van der Waals surface area contributed by atoms with Gasteiger partial charge in [-0.25, -0.2) is 4.79 Å². The van der Waals surface area contributed by atoms with Gasteiger partial charge in [-0.15, -0.1) is 0 Å². The van der Waals surface area contributed by atoms with Crippen molar-refractivity contribution in [2.45, 2.75) is 51.3 Å². The molecule has 2 fully saturated rings. The molecule has 0 unspecified atom stereocenters. The zero-order valence-electron chi connectivity index (χ0n) is 15.9. The van der Waals surface area contributed by atoms with Gasteiger partial charge in [-0.3, -0.25) is 14.4 Å². The third kappa shape index (κ3) is 5.81. The minimum absolute atomic E-state index is 0.188. The van der Waals surface area contributed by atoms with Gasteiger partial charge in [0.15, 0.2) is 0 Å². The Balaban J connectivity index is 2.05. The molecule has 0 radical (unpaired) electrons. The second kappa shape index (κ2) is 8.55. The number of ether oxygens (including phenoxy) is 2. The van der Waals surface area contributed by atoms with E-state index < -0.39 is 48.0 Å². The van der Waals surface area contributed by atoms with E-state index in [9.17, 15) is 24.3 Å². The maximum atomic E-state index is 12.8. The molecule has 2 atom stereocenters. The average Bonchev–Trinajstić information content (AvgIpc) is 2.91. The highest BCUT2D eigenvalue weighted by Crippen LogP contribution is 2.20. The first-order valence-electron chi connectivity index (χ1n) is 8.97. The number of rotatable bonds is 5. The molecule has 27 heavy (non-hydrogen) atoms. The number of hydrogen-bond donors (Lipinski definition) is 2. The molecule has 2 saturated heterocycles. The number of carbonyl (C=O) groups is 4. The minimum atomic E-state index is -1.17. The Kier molecular flexibility index (Phi) is 6.63. The average molecular weight is 385 g/mol. The van der Waals surface area contributed by atoms with Gasteiger partial charge in [0, 0.05) is 19.6 Å². The lowest BCUT2D eigenvalue weighted by Gasteiger charge is -2.33. The van der Waals surface area contributed by atoms with Gasteiger partial charge in [-0.2, -0.15) is 0 Å². The highest BCUT2D eigenvalue weighted by atomic mass is 16.6. The molecule has 0 saturated carbocycles. The molecule has 0 aromatic heterocycles. The molecule has 2 heterocycles. The Morgan fingerprint density at radius 1 is 1.26 bits per heavy atom. The first kappa shape index (κ1) is 20.9. The highest BCUT2D eigenvalue weighted by Gasteiger charge is 2.42. The molecule has 10 nitrogen and oxygen atoms in total. The van der Waals surface area contributed by atoms with Gasteiger partial charge in [0.1, 0.15) is 17.7 Å². The van der Waals surface area contributed by atoms with Gasteiger partial charge in [0.2, 0.25) is 11.8 Å². The quantitative estimate of drug-likeness (QED) is 0.672. The molecule has 2 aliphatic rings. The molecular formula is C17H27N3O7. The third-order valence-corrected chi connectivity index (χ3v) is 4.28. The summed E-state index contributed by atoms with van der Waals surface area (Å²) in [5.41, 5.74) is -0.705. The Hall–Kier alpha value is -2.36. The molecule has 0 aromatic carbocycles. The van der Waals surface area contributed by atoms with Crippen LogP contribution in [0.5, 0.6) is 0 Å². The van der Waals surface area contributed by atoms with Crippen molar-refractivity contribution in [3.63, 3.8) is 0 Å². The van der Waals surface area contributed by atoms with E-state index >= 15 is 0 Å². The summed E-state index contributed by atoms with van der Waals surface area (Å²) in [5.74, 6) is -2.06. The standard InChI is InChI=1S/C17H27N3O7/c1-17(2,3)27-16(25)18-11-4-5-20(14(11)23)12(10-13(21)22)15(24)19-6-8-26-9-7-19/h11-12H,4-10H2,1-3H3,(H,18,25)(H,21,22)/t11-,12-/m0/s1. The van der Waals surface area contributed by atoms with Crippen LogP contribution in [0.15, 0.2) is 0 Å². The number of amides is 3. The van der Waals surface area contributed by atoms with Crippen LogP contribution in [-0.2, 0) is 23.9 Å². The summed E-state index contributed by atoms with van der Waals surface area (Å²) in [5, 5.41) is 11.7. The maximum Gasteiger partial charge on any atom is 0.408 e. The molecular weight excluding hydrogens is 358 g/mol. The molecule has 0 aliphatic carbocycles. The monoisotopic (exact) mass is 385 g/mol. The molecule has 0 aromatic rings. The fraction of sp³-hybridized carbons (Fsp3) is 0.765. The van der Waals surface area contributed by atoms with Crippen LogP contribution in [0.1, 0.15) is 33.6 Å². The maximum absolute atomic E-state index is 12.8.